The molecule has 17 heavy (non-hydrogen) atoms. The molecule has 1 rings (SSSR count). The van der Waals surface area contributed by atoms with Crippen LogP contribution < -0.4 is 4.74 Å². The van der Waals surface area contributed by atoms with Crippen LogP contribution in [0.4, 0.5) is 0 Å². The summed E-state index contributed by atoms with van der Waals surface area (Å²) in [7, 11) is 1.49. The Bertz CT molecular complexity index is 442. The predicted molar refractivity (Wildman–Crippen MR) is 66.7 cm³/mol. The summed E-state index contributed by atoms with van der Waals surface area (Å²) in [6.45, 7) is 1.44. The van der Waals surface area contributed by atoms with E-state index < -0.39 is 10.8 Å². The third-order valence-electron chi connectivity index (χ3n) is 2.33. The van der Waals surface area contributed by atoms with Crippen molar-refractivity contribution in [2.75, 3.05) is 7.11 Å². The topological polar surface area (TPSA) is 63.6 Å². The number of carboxylic acids is 1. The third-order valence-corrected chi connectivity index (χ3v) is 3.43. The Morgan fingerprint density at radius 2 is 2.12 bits per heavy atom. The van der Waals surface area contributed by atoms with Gasteiger partial charge in [-0.05, 0) is 18.6 Å². The highest BCUT2D eigenvalue weighted by Gasteiger charge is 2.22. The number of rotatable bonds is 5. The summed E-state index contributed by atoms with van der Waals surface area (Å²) in [6.07, 6.45) is -0.137. The van der Waals surface area contributed by atoms with Crippen molar-refractivity contribution >= 4 is 27.7 Å². The van der Waals surface area contributed by atoms with Gasteiger partial charge in [-0.25, -0.2) is 0 Å². The number of hydrogen-bond donors (Lipinski definition) is 1. The van der Waals surface area contributed by atoms with Gasteiger partial charge >= 0.3 is 5.97 Å². The van der Waals surface area contributed by atoms with Gasteiger partial charge in [-0.2, -0.15) is 0 Å². The van der Waals surface area contributed by atoms with E-state index in [0.717, 1.165) is 0 Å². The number of aliphatic carboxylic acids is 1. The smallest absolute Gasteiger partial charge is 0.307 e. The first kappa shape index (κ1) is 13.7. The molecule has 0 saturated heterocycles. The maximum atomic E-state index is 11.4. The van der Waals surface area contributed by atoms with E-state index in [1.165, 1.54) is 14.0 Å². The van der Waals surface area contributed by atoms with Crippen molar-refractivity contribution in [3.8, 4) is 5.75 Å². The van der Waals surface area contributed by atoms with Crippen molar-refractivity contribution in [3.05, 3.63) is 29.3 Å². The van der Waals surface area contributed by atoms with Crippen LogP contribution in [0, 0.1) is 0 Å². The van der Waals surface area contributed by atoms with Crippen molar-refractivity contribution < 1.29 is 19.4 Å². The van der Waals surface area contributed by atoms with Gasteiger partial charge < -0.3 is 9.84 Å². The lowest BCUT2D eigenvalue weighted by atomic mass is 9.99. The van der Waals surface area contributed by atoms with Gasteiger partial charge in [-0.15, -0.1) is 0 Å². The first-order valence-electron chi connectivity index (χ1n) is 4.99. The Balaban J connectivity index is 3.29. The lowest BCUT2D eigenvalue weighted by molar-refractivity contribution is -0.136. The average molecular weight is 301 g/mol. The molecule has 0 radical (unpaired) electrons. The van der Waals surface area contributed by atoms with E-state index >= 15 is 0 Å². The molecule has 0 amide bonds. The first-order chi connectivity index (χ1) is 7.97. The largest absolute Gasteiger partial charge is 0.496 e. The molecule has 5 heteroatoms. The number of ether oxygens (including phenoxy) is 1. The number of ketones is 1. The number of Topliss-reactive ketones (excluding diaryl/α,β-unsaturated/α-hetero) is 1. The minimum atomic E-state index is -0.942. The van der Waals surface area contributed by atoms with Crippen LogP contribution in [0.15, 0.2) is 18.2 Å². The lowest BCUT2D eigenvalue weighted by Crippen LogP contribution is -2.10. The van der Waals surface area contributed by atoms with Gasteiger partial charge in [0.25, 0.3) is 0 Å². The molecule has 0 aliphatic heterocycles. The van der Waals surface area contributed by atoms with Gasteiger partial charge in [0.05, 0.1) is 13.5 Å². The molecule has 0 fully saturated rings. The highest BCUT2D eigenvalue weighted by Crippen LogP contribution is 2.35. The number of carbonyl (C=O) groups is 2. The quantitative estimate of drug-likeness (QED) is 0.848. The monoisotopic (exact) mass is 300 g/mol. The molecule has 0 saturated carbocycles. The first-order valence-corrected chi connectivity index (χ1v) is 5.91. The average Bonchev–Trinajstić information content (AvgIpc) is 2.26. The fourth-order valence-corrected chi connectivity index (χ4v) is 2.10. The number of methoxy groups -OCH3 is 1. The van der Waals surface area contributed by atoms with E-state index in [9.17, 15) is 9.59 Å². The van der Waals surface area contributed by atoms with Crippen molar-refractivity contribution in [2.24, 2.45) is 0 Å². The van der Waals surface area contributed by atoms with Crippen molar-refractivity contribution in [1.82, 2.24) is 0 Å². The third kappa shape index (κ3) is 3.30. The van der Waals surface area contributed by atoms with Crippen LogP contribution in [0.1, 0.15) is 22.9 Å². The summed E-state index contributed by atoms with van der Waals surface area (Å²) in [5.74, 6) is -0.523. The fraction of sp³-hybridized carbons (Fsp3) is 0.333. The molecule has 0 bridgehead atoms. The minimum absolute atomic E-state index is 0.0962. The Morgan fingerprint density at radius 1 is 1.47 bits per heavy atom. The Kier molecular flexibility index (Phi) is 4.69. The van der Waals surface area contributed by atoms with Crippen LogP contribution in [0.3, 0.4) is 0 Å². The van der Waals surface area contributed by atoms with Gasteiger partial charge in [-0.1, -0.05) is 28.1 Å². The molecule has 1 atom stereocenters. The molecule has 0 spiro atoms. The van der Waals surface area contributed by atoms with Crippen molar-refractivity contribution in [3.63, 3.8) is 0 Å². The van der Waals surface area contributed by atoms with Crippen molar-refractivity contribution in [2.45, 2.75) is 18.2 Å². The van der Waals surface area contributed by atoms with E-state index in [1.807, 2.05) is 0 Å². The zero-order valence-corrected chi connectivity index (χ0v) is 11.2. The van der Waals surface area contributed by atoms with Gasteiger partial charge in [0, 0.05) is 5.56 Å². The molecule has 0 aliphatic carbocycles. The minimum Gasteiger partial charge on any atom is -0.496 e. The van der Waals surface area contributed by atoms with Gasteiger partial charge in [-0.3, -0.25) is 9.59 Å². The molecule has 4 nitrogen and oxygen atoms in total. The molecule has 1 aromatic carbocycles. The second-order valence-corrected chi connectivity index (χ2v) is 4.49. The van der Waals surface area contributed by atoms with E-state index in [-0.39, 0.29) is 12.2 Å². The lowest BCUT2D eigenvalue weighted by Gasteiger charge is -2.15. The zero-order chi connectivity index (χ0) is 13.0. The highest BCUT2D eigenvalue weighted by atomic mass is 79.9. The number of halogens is 1. The Labute approximate surface area is 108 Å². The van der Waals surface area contributed by atoms with E-state index in [1.54, 1.807) is 18.2 Å². The van der Waals surface area contributed by atoms with Crippen LogP contribution in [0.5, 0.6) is 5.75 Å². The number of carboxylic acid groups (broad SMARTS) is 1. The molecule has 0 aliphatic rings. The van der Waals surface area contributed by atoms with Crippen LogP contribution in [0.2, 0.25) is 0 Å². The van der Waals surface area contributed by atoms with Crippen LogP contribution in [0.25, 0.3) is 0 Å². The maximum absolute atomic E-state index is 11.4. The molecular formula is C12H13BrO4. The number of alkyl halides is 1. The summed E-state index contributed by atoms with van der Waals surface area (Å²) in [4.78, 5) is 21.6. The Hall–Kier alpha value is -1.36. The van der Waals surface area contributed by atoms with Gasteiger partial charge in [0.2, 0.25) is 0 Å². The second-order valence-electron chi connectivity index (χ2n) is 3.58. The summed E-state index contributed by atoms with van der Waals surface area (Å²) in [5.41, 5.74) is 1.17. The maximum Gasteiger partial charge on any atom is 0.307 e. The molecular weight excluding hydrogens is 288 g/mol. The normalized spacial score (nSPS) is 11.9. The van der Waals surface area contributed by atoms with Gasteiger partial charge in [0.1, 0.15) is 16.4 Å². The Morgan fingerprint density at radius 3 is 2.59 bits per heavy atom. The summed E-state index contributed by atoms with van der Waals surface area (Å²) in [6, 6.07) is 5.10. The molecule has 1 N–H and O–H groups in total. The summed E-state index contributed by atoms with van der Waals surface area (Å²) >= 11 is 3.26. The highest BCUT2D eigenvalue weighted by molar-refractivity contribution is 9.09. The van der Waals surface area contributed by atoms with E-state index in [4.69, 9.17) is 9.84 Å². The second kappa shape index (κ2) is 5.82. The molecule has 1 aromatic rings. The van der Waals surface area contributed by atoms with Crippen LogP contribution in [-0.2, 0) is 16.0 Å². The van der Waals surface area contributed by atoms with Crippen LogP contribution >= 0.6 is 15.9 Å². The van der Waals surface area contributed by atoms with Crippen molar-refractivity contribution in [1.29, 1.82) is 0 Å². The number of carbonyl (C=O) groups excluding carboxylic acids is 1. The predicted octanol–water partition coefficient (Wildman–Crippen LogP) is 2.35. The molecule has 0 heterocycles. The number of hydrogen-bond acceptors (Lipinski definition) is 3. The summed E-state index contributed by atoms with van der Waals surface area (Å²) < 4.78 is 5.16. The van der Waals surface area contributed by atoms with Gasteiger partial charge in [0.15, 0.2) is 0 Å². The van der Waals surface area contributed by atoms with E-state index in [2.05, 4.69) is 15.9 Å². The molecule has 92 valence electrons. The standard InChI is InChI=1S/C12H13BrO4/c1-7(14)12(13)11-8(6-10(15)16)4-3-5-9(11)17-2/h3-5,12H,6H2,1-2H3,(H,15,16). The SMILES string of the molecule is COc1cccc(CC(=O)O)c1C(Br)C(C)=O. The molecule has 1 unspecified atom stereocenters. The van der Waals surface area contributed by atoms with E-state index in [0.29, 0.717) is 16.9 Å². The fourth-order valence-electron chi connectivity index (χ4n) is 1.58. The van der Waals surface area contributed by atoms with Crippen LogP contribution in [-0.4, -0.2) is 24.0 Å². The number of benzene rings is 1. The molecule has 0 aromatic heterocycles. The summed E-state index contributed by atoms with van der Waals surface area (Å²) in [5, 5.41) is 8.83. The zero-order valence-electron chi connectivity index (χ0n) is 9.57.